The summed E-state index contributed by atoms with van der Waals surface area (Å²) in [5, 5.41) is 3.29. The minimum Gasteiger partial charge on any atom is -0.333 e. The number of imide groups is 2. The number of fused-ring (bicyclic) bond motifs is 4. The SMILES string of the molecule is O=C(Cl)C1CCCCC1.O=C1c2ccccc2C(=O)N1C[C@@H]1c2ccccc2CCN1C(=O)C1CCCCC1.O=C1c2ccccc2C(=O)N1C[C@H]1NCCc2ccccc21. The van der Waals surface area contributed by atoms with Crippen LogP contribution in [0.2, 0.25) is 0 Å². The quantitative estimate of drug-likeness (QED) is 0.153. The van der Waals surface area contributed by atoms with Crippen molar-refractivity contribution in [1.82, 2.24) is 20.0 Å². The van der Waals surface area contributed by atoms with Crippen LogP contribution in [0, 0.1) is 11.8 Å². The van der Waals surface area contributed by atoms with Crippen molar-refractivity contribution in [2.45, 2.75) is 89.1 Å². The first-order valence-electron chi connectivity index (χ1n) is 22.0. The van der Waals surface area contributed by atoms with Gasteiger partial charge in [0.25, 0.3) is 23.6 Å². The van der Waals surface area contributed by atoms with Gasteiger partial charge >= 0.3 is 0 Å². The van der Waals surface area contributed by atoms with E-state index in [1.165, 1.54) is 52.2 Å². The maximum absolute atomic E-state index is 13.5. The number of carbonyl (C=O) groups is 6. The molecule has 4 aromatic carbocycles. The van der Waals surface area contributed by atoms with Crippen LogP contribution in [-0.2, 0) is 22.4 Å². The van der Waals surface area contributed by atoms with Gasteiger partial charge in [0.05, 0.1) is 40.9 Å². The summed E-state index contributed by atoms with van der Waals surface area (Å²) in [7, 11) is 0. The molecule has 2 aliphatic carbocycles. The first-order chi connectivity index (χ1) is 29.7. The Bertz CT molecular complexity index is 2250. The van der Waals surface area contributed by atoms with Crippen LogP contribution in [0.5, 0.6) is 0 Å². The average molecular weight is 841 g/mol. The van der Waals surface area contributed by atoms with Gasteiger partial charge in [-0.15, -0.1) is 0 Å². The zero-order chi connectivity index (χ0) is 42.5. The van der Waals surface area contributed by atoms with Crippen LogP contribution in [0.15, 0.2) is 97.1 Å². The smallest absolute Gasteiger partial charge is 0.261 e. The zero-order valence-corrected chi connectivity index (χ0v) is 35.3. The van der Waals surface area contributed by atoms with Crippen molar-refractivity contribution in [2.75, 3.05) is 26.2 Å². The molecule has 2 atom stereocenters. The van der Waals surface area contributed by atoms with Crippen LogP contribution >= 0.6 is 11.6 Å². The summed E-state index contributed by atoms with van der Waals surface area (Å²) >= 11 is 5.32. The average Bonchev–Trinajstić information content (AvgIpc) is 3.70. The second-order valence-electron chi connectivity index (χ2n) is 17.0. The van der Waals surface area contributed by atoms with Crippen LogP contribution in [0.25, 0.3) is 0 Å². The van der Waals surface area contributed by atoms with E-state index in [0.717, 1.165) is 63.5 Å². The van der Waals surface area contributed by atoms with Crippen molar-refractivity contribution in [2.24, 2.45) is 11.8 Å². The van der Waals surface area contributed by atoms with E-state index in [1.54, 1.807) is 48.5 Å². The van der Waals surface area contributed by atoms with E-state index in [1.807, 2.05) is 35.2 Å². The van der Waals surface area contributed by atoms with Gasteiger partial charge in [-0.2, -0.15) is 0 Å². The van der Waals surface area contributed by atoms with Crippen molar-refractivity contribution in [3.8, 4) is 0 Å². The summed E-state index contributed by atoms with van der Waals surface area (Å²) in [4.78, 5) is 79.6. The number of benzene rings is 4. The molecule has 1 N–H and O–H groups in total. The van der Waals surface area contributed by atoms with Crippen LogP contribution in [0.4, 0.5) is 0 Å². The summed E-state index contributed by atoms with van der Waals surface area (Å²) in [6.45, 7) is 2.09. The highest BCUT2D eigenvalue weighted by molar-refractivity contribution is 6.64. The molecule has 0 radical (unpaired) electrons. The molecule has 61 heavy (non-hydrogen) atoms. The molecule has 0 bridgehead atoms. The number of nitrogens with one attached hydrogen (secondary N) is 1. The summed E-state index contributed by atoms with van der Waals surface area (Å²) in [6, 6.07) is 30.1. The van der Waals surface area contributed by atoms with Crippen molar-refractivity contribution in [1.29, 1.82) is 0 Å². The lowest BCUT2D eigenvalue weighted by Crippen LogP contribution is -2.48. The molecule has 4 heterocycles. The summed E-state index contributed by atoms with van der Waals surface area (Å²) < 4.78 is 0. The lowest BCUT2D eigenvalue weighted by atomic mass is 9.85. The summed E-state index contributed by atoms with van der Waals surface area (Å²) in [5.74, 6) is -0.469. The molecule has 0 aromatic heterocycles. The number of rotatable bonds is 6. The van der Waals surface area contributed by atoms with E-state index < -0.39 is 0 Å². The molecule has 316 valence electrons. The highest BCUT2D eigenvalue weighted by atomic mass is 35.5. The van der Waals surface area contributed by atoms with Crippen LogP contribution < -0.4 is 5.32 Å². The third kappa shape index (κ3) is 8.98. The predicted octanol–water partition coefficient (Wildman–Crippen LogP) is 8.49. The molecular weight excluding hydrogens is 788 g/mol. The van der Waals surface area contributed by atoms with Crippen LogP contribution in [-0.4, -0.2) is 75.7 Å². The Kier molecular flexibility index (Phi) is 13.2. The molecule has 6 aliphatic rings. The van der Waals surface area contributed by atoms with E-state index >= 15 is 0 Å². The van der Waals surface area contributed by atoms with Crippen molar-refractivity contribution >= 4 is 46.4 Å². The zero-order valence-electron chi connectivity index (χ0n) is 34.5. The Morgan fingerprint density at radius 2 is 0.984 bits per heavy atom. The third-order valence-electron chi connectivity index (χ3n) is 13.3. The fraction of sp³-hybridized carbons (Fsp3) is 0.400. The molecule has 5 amide bonds. The lowest BCUT2D eigenvalue weighted by molar-refractivity contribution is -0.140. The normalized spacial score (nSPS) is 21.0. The van der Waals surface area contributed by atoms with Gasteiger partial charge in [-0.25, -0.2) is 0 Å². The molecule has 2 saturated carbocycles. The third-order valence-corrected chi connectivity index (χ3v) is 13.6. The predicted molar refractivity (Wildman–Crippen MR) is 233 cm³/mol. The minimum absolute atomic E-state index is 0.00663. The van der Waals surface area contributed by atoms with Crippen molar-refractivity contribution in [3.63, 3.8) is 0 Å². The number of hydrogen-bond acceptors (Lipinski definition) is 7. The Labute approximate surface area is 362 Å². The minimum atomic E-state index is -0.286. The first-order valence-corrected chi connectivity index (χ1v) is 22.4. The van der Waals surface area contributed by atoms with E-state index in [4.69, 9.17) is 11.6 Å². The standard InChI is InChI=1S/C25H26N2O3.C18H16N2O2.C7H11ClO/c28-23(18-9-2-1-3-10-18)26-15-14-17-8-4-5-11-19(17)22(26)16-27-24(29)20-12-6-7-13-21(20)25(27)30;21-17-14-7-3-4-8-15(14)18(22)20(17)11-16-13-6-2-1-5-12(13)9-10-19-16;8-7(9)6-4-2-1-3-5-6/h4-8,11-13,18,22H,1-3,9-10,14-16H2;1-8,16,19H,9-11H2;6H,1-5H2/t22-;16-;/m11./s1. The van der Waals surface area contributed by atoms with Crippen LogP contribution in [0.3, 0.4) is 0 Å². The number of carbonyl (C=O) groups excluding carboxylic acids is 6. The highest BCUT2D eigenvalue weighted by Gasteiger charge is 2.42. The van der Waals surface area contributed by atoms with E-state index in [9.17, 15) is 28.8 Å². The van der Waals surface area contributed by atoms with Crippen LogP contribution in [0.1, 0.15) is 140 Å². The van der Waals surface area contributed by atoms with Gasteiger partial charge in [0.1, 0.15) is 0 Å². The molecule has 11 heteroatoms. The van der Waals surface area contributed by atoms with E-state index in [0.29, 0.717) is 35.3 Å². The molecule has 4 aromatic rings. The Morgan fingerprint density at radius 1 is 0.541 bits per heavy atom. The fourth-order valence-electron chi connectivity index (χ4n) is 9.95. The molecule has 0 spiro atoms. The molecule has 10 nitrogen and oxygen atoms in total. The second-order valence-corrected chi connectivity index (χ2v) is 17.3. The fourth-order valence-corrected chi connectivity index (χ4v) is 10.2. The van der Waals surface area contributed by atoms with E-state index in [2.05, 4.69) is 23.5 Å². The second kappa shape index (κ2) is 19.1. The Morgan fingerprint density at radius 3 is 1.49 bits per heavy atom. The molecule has 0 saturated heterocycles. The summed E-state index contributed by atoms with van der Waals surface area (Å²) in [5.41, 5.74) is 6.67. The number of nitrogens with zero attached hydrogens (tertiary/aromatic N) is 3. The van der Waals surface area contributed by atoms with E-state index in [-0.39, 0.29) is 65.2 Å². The molecule has 4 aliphatic heterocycles. The Balaban J connectivity index is 0.000000144. The number of hydrogen-bond donors (Lipinski definition) is 1. The molecule has 2 fully saturated rings. The monoisotopic (exact) mass is 840 g/mol. The maximum Gasteiger partial charge on any atom is 0.261 e. The van der Waals surface area contributed by atoms with Crippen molar-refractivity contribution in [3.05, 3.63) is 142 Å². The number of halogens is 1. The van der Waals surface area contributed by atoms with Gasteiger partial charge in [-0.05, 0) is 103 Å². The number of amides is 5. The summed E-state index contributed by atoms with van der Waals surface area (Å²) in [6.07, 6.45) is 12.8. The molecule has 10 rings (SSSR count). The largest absolute Gasteiger partial charge is 0.333 e. The van der Waals surface area contributed by atoms with Gasteiger partial charge < -0.3 is 10.2 Å². The van der Waals surface area contributed by atoms with Gasteiger partial charge in [0.2, 0.25) is 11.1 Å². The van der Waals surface area contributed by atoms with Gasteiger partial charge in [-0.3, -0.25) is 38.6 Å². The topological polar surface area (TPSA) is 124 Å². The molecule has 0 unspecified atom stereocenters. The molecular formula is C50H53ClN4O6. The maximum atomic E-state index is 13.5. The highest BCUT2D eigenvalue weighted by Crippen LogP contribution is 2.36. The first kappa shape index (κ1) is 42.2. The Hall–Kier alpha value is -5.45. The van der Waals surface area contributed by atoms with Gasteiger partial charge in [0, 0.05) is 24.9 Å². The van der Waals surface area contributed by atoms with Crippen molar-refractivity contribution < 1.29 is 28.8 Å². The van der Waals surface area contributed by atoms with Gasteiger partial charge in [-0.1, -0.05) is 111 Å². The lowest BCUT2D eigenvalue weighted by Gasteiger charge is -2.41. The van der Waals surface area contributed by atoms with Gasteiger partial charge in [0.15, 0.2) is 0 Å².